The normalized spacial score (nSPS) is 10.2. The first-order valence-electron chi connectivity index (χ1n) is 6.22. The van der Waals surface area contributed by atoms with E-state index in [0.717, 1.165) is 11.1 Å². The summed E-state index contributed by atoms with van der Waals surface area (Å²) in [7, 11) is 0. The summed E-state index contributed by atoms with van der Waals surface area (Å²) in [4.78, 5) is 0. The molecule has 0 saturated carbocycles. The Bertz CT molecular complexity index is 802. The van der Waals surface area contributed by atoms with Gasteiger partial charge in [-0.3, -0.25) is 0 Å². The van der Waals surface area contributed by atoms with E-state index in [9.17, 15) is 5.11 Å². The first-order chi connectivity index (χ1) is 9.75. The molecule has 0 unspecified atom stereocenters. The molecule has 0 heterocycles. The quantitative estimate of drug-likeness (QED) is 0.354. The van der Waals surface area contributed by atoms with E-state index in [1.165, 1.54) is 0 Å². The summed E-state index contributed by atoms with van der Waals surface area (Å²) in [5.41, 5.74) is 7.56. The van der Waals surface area contributed by atoms with Gasteiger partial charge in [0.15, 0.2) is 5.75 Å². The van der Waals surface area contributed by atoms with Gasteiger partial charge < -0.3 is 13.7 Å². The zero-order valence-electron chi connectivity index (χ0n) is 14.7. The average molecular weight is 311 g/mol. The van der Waals surface area contributed by atoms with Gasteiger partial charge in [-0.05, 0) is 29.7 Å². The molecule has 0 spiro atoms. The number of aromatic hydroxyl groups is 1. The van der Waals surface area contributed by atoms with Crippen molar-refractivity contribution in [2.75, 3.05) is 5.73 Å². The van der Waals surface area contributed by atoms with Crippen molar-refractivity contribution < 1.29 is 67.1 Å². The third kappa shape index (κ3) is 4.10. The van der Waals surface area contributed by atoms with Crippen molar-refractivity contribution >= 4 is 27.8 Å². The Morgan fingerprint density at radius 2 is 1.55 bits per heavy atom. The van der Waals surface area contributed by atoms with Gasteiger partial charge in [0.1, 0.15) is 5.69 Å². The zero-order valence-corrected chi connectivity index (χ0v) is 16.7. The number of nitrogens with two attached hydrogens (primary N) is 1. The number of hydrogen-bond acceptors (Lipinski definition) is 4. The van der Waals surface area contributed by atoms with E-state index >= 15 is 0 Å². The number of nitrogens with zero attached hydrogens (tertiary/aromatic N) is 2. The van der Waals surface area contributed by atoms with Crippen molar-refractivity contribution in [2.45, 2.75) is 0 Å². The standard InChI is InChI=1S/C16H13N3O.2Na.2H/c17-13-8-4-5-11-9-10-14(16(20)15(11)13)19-18-12-6-2-1-3-7-12;;;;/h1-10,20H,17H2;;;;/q;2*+1;2*-1. The van der Waals surface area contributed by atoms with Crippen LogP contribution in [0.25, 0.3) is 10.8 Å². The number of nitrogen functional groups attached to an aromatic ring is 1. The molecule has 0 aliphatic heterocycles. The summed E-state index contributed by atoms with van der Waals surface area (Å²) in [6.07, 6.45) is 0. The van der Waals surface area contributed by atoms with Crippen LogP contribution < -0.4 is 64.8 Å². The molecule has 0 bridgehead atoms. The molecule has 0 aromatic heterocycles. The minimum atomic E-state index is 0. The molecule has 3 aromatic carbocycles. The number of fused-ring (bicyclic) bond motifs is 1. The van der Waals surface area contributed by atoms with Crippen LogP contribution in [-0.4, -0.2) is 5.11 Å². The van der Waals surface area contributed by atoms with E-state index in [0.29, 0.717) is 16.8 Å². The summed E-state index contributed by atoms with van der Waals surface area (Å²) < 4.78 is 0. The molecule has 0 aliphatic rings. The van der Waals surface area contributed by atoms with Crippen LogP contribution in [0.1, 0.15) is 2.85 Å². The van der Waals surface area contributed by atoms with Gasteiger partial charge in [0.2, 0.25) is 0 Å². The van der Waals surface area contributed by atoms with Crippen molar-refractivity contribution in [3.63, 3.8) is 0 Å². The second-order valence-corrected chi connectivity index (χ2v) is 4.41. The van der Waals surface area contributed by atoms with Crippen molar-refractivity contribution in [2.24, 2.45) is 10.2 Å². The molecule has 0 fully saturated rings. The molecule has 0 radical (unpaired) electrons. The number of phenols is 1. The minimum absolute atomic E-state index is 0. The Hall–Kier alpha value is -0.880. The van der Waals surface area contributed by atoms with Gasteiger partial charge in [-0.25, -0.2) is 0 Å². The second kappa shape index (κ2) is 8.67. The van der Waals surface area contributed by atoms with Crippen LogP contribution in [0.15, 0.2) is 70.9 Å². The molecule has 4 nitrogen and oxygen atoms in total. The predicted molar refractivity (Wildman–Crippen MR) is 82.9 cm³/mol. The van der Waals surface area contributed by atoms with Gasteiger partial charge in [-0.1, -0.05) is 36.4 Å². The maximum atomic E-state index is 10.3. The van der Waals surface area contributed by atoms with Crippen molar-refractivity contribution in [1.82, 2.24) is 0 Å². The predicted octanol–water partition coefficient (Wildman–Crippen LogP) is -1.22. The van der Waals surface area contributed by atoms with Crippen LogP contribution in [0, 0.1) is 0 Å². The first-order valence-corrected chi connectivity index (χ1v) is 6.22. The van der Waals surface area contributed by atoms with Gasteiger partial charge >= 0.3 is 59.1 Å². The Balaban J connectivity index is 0. The van der Waals surface area contributed by atoms with E-state index in [-0.39, 0.29) is 67.7 Å². The molecule has 0 aliphatic carbocycles. The molecule has 0 amide bonds. The van der Waals surface area contributed by atoms with E-state index in [1.54, 1.807) is 12.1 Å². The van der Waals surface area contributed by atoms with E-state index in [4.69, 9.17) is 5.73 Å². The molecule has 3 N–H and O–H groups in total. The van der Waals surface area contributed by atoms with Gasteiger partial charge in [0.05, 0.1) is 5.69 Å². The van der Waals surface area contributed by atoms with Gasteiger partial charge in [-0.15, -0.1) is 5.11 Å². The third-order valence-corrected chi connectivity index (χ3v) is 3.06. The fourth-order valence-corrected chi connectivity index (χ4v) is 2.06. The van der Waals surface area contributed by atoms with Crippen LogP contribution in [0.4, 0.5) is 17.1 Å². The van der Waals surface area contributed by atoms with Crippen LogP contribution in [0.2, 0.25) is 0 Å². The maximum absolute atomic E-state index is 10.3. The third-order valence-electron chi connectivity index (χ3n) is 3.06. The number of azo groups is 1. The topological polar surface area (TPSA) is 71.0 Å². The van der Waals surface area contributed by atoms with E-state index < -0.39 is 0 Å². The fourth-order valence-electron chi connectivity index (χ4n) is 2.06. The molecule has 22 heavy (non-hydrogen) atoms. The largest absolute Gasteiger partial charge is 1.00 e. The van der Waals surface area contributed by atoms with Gasteiger partial charge in [0.25, 0.3) is 0 Å². The maximum Gasteiger partial charge on any atom is 1.00 e. The Morgan fingerprint density at radius 1 is 0.818 bits per heavy atom. The summed E-state index contributed by atoms with van der Waals surface area (Å²) in [5, 5.41) is 19.9. The van der Waals surface area contributed by atoms with E-state index in [1.807, 2.05) is 48.5 Å². The van der Waals surface area contributed by atoms with Crippen molar-refractivity contribution in [1.29, 1.82) is 0 Å². The zero-order chi connectivity index (χ0) is 13.9. The number of anilines is 1. The second-order valence-electron chi connectivity index (χ2n) is 4.41. The molecule has 0 atom stereocenters. The molecule has 0 saturated heterocycles. The van der Waals surface area contributed by atoms with E-state index in [2.05, 4.69) is 10.2 Å². The molecule has 6 heteroatoms. The number of rotatable bonds is 2. The van der Waals surface area contributed by atoms with Crippen LogP contribution in [0.5, 0.6) is 5.75 Å². The fraction of sp³-hybridized carbons (Fsp3) is 0. The van der Waals surface area contributed by atoms with Gasteiger partial charge in [-0.2, -0.15) is 5.11 Å². The summed E-state index contributed by atoms with van der Waals surface area (Å²) in [6, 6.07) is 18.4. The minimum Gasteiger partial charge on any atom is -1.00 e. The van der Waals surface area contributed by atoms with Crippen LogP contribution >= 0.6 is 0 Å². The van der Waals surface area contributed by atoms with Crippen LogP contribution in [0.3, 0.4) is 0 Å². The van der Waals surface area contributed by atoms with Crippen molar-refractivity contribution in [3.8, 4) is 5.75 Å². The summed E-state index contributed by atoms with van der Waals surface area (Å²) in [6.45, 7) is 0. The Kier molecular flexibility index (Phi) is 7.56. The SMILES string of the molecule is Nc1cccc2ccc(N=Nc3ccccc3)c(O)c12.[H-].[H-].[Na+].[Na+]. The summed E-state index contributed by atoms with van der Waals surface area (Å²) >= 11 is 0. The van der Waals surface area contributed by atoms with Gasteiger partial charge in [0, 0.05) is 11.1 Å². The Morgan fingerprint density at radius 3 is 2.27 bits per heavy atom. The number of phenolic OH excluding ortho intramolecular Hbond substituents is 1. The smallest absolute Gasteiger partial charge is 1.00 e. The molecule has 3 rings (SSSR count). The molecule has 102 valence electrons. The molecular formula is C16H15N3Na2O. The molecular weight excluding hydrogens is 296 g/mol. The average Bonchev–Trinajstić information content (AvgIpc) is 2.48. The monoisotopic (exact) mass is 311 g/mol. The first kappa shape index (κ1) is 19.2. The molecule has 3 aromatic rings. The Labute approximate surface area is 176 Å². The van der Waals surface area contributed by atoms with Crippen molar-refractivity contribution in [3.05, 3.63) is 60.7 Å². The summed E-state index contributed by atoms with van der Waals surface area (Å²) in [5.74, 6) is 0.0558. The van der Waals surface area contributed by atoms with Crippen LogP contribution in [-0.2, 0) is 0 Å². The number of hydrogen-bond donors (Lipinski definition) is 2. The number of benzene rings is 3.